The van der Waals surface area contributed by atoms with Gasteiger partial charge in [0.1, 0.15) is 0 Å². The maximum atomic E-state index is 5.06. The zero-order chi connectivity index (χ0) is 34.2. The van der Waals surface area contributed by atoms with Gasteiger partial charge in [-0.1, -0.05) is 140 Å². The van der Waals surface area contributed by atoms with Gasteiger partial charge in [0.2, 0.25) is 0 Å². The number of fused-ring (bicyclic) bond motifs is 12. The lowest BCUT2D eigenvalue weighted by atomic mass is 10.0. The molecule has 0 aliphatic carbocycles. The van der Waals surface area contributed by atoms with Gasteiger partial charge in [0.15, 0.2) is 17.5 Å². The summed E-state index contributed by atoms with van der Waals surface area (Å²) in [6.45, 7) is 0. The Morgan fingerprint density at radius 2 is 0.885 bits per heavy atom. The van der Waals surface area contributed by atoms with E-state index in [0.717, 1.165) is 27.9 Å². The van der Waals surface area contributed by atoms with Gasteiger partial charge in [0, 0.05) is 54.7 Å². The van der Waals surface area contributed by atoms with Gasteiger partial charge in [-0.25, -0.2) is 15.0 Å². The average Bonchev–Trinajstić information content (AvgIpc) is 3.78. The molecule has 0 fully saturated rings. The Morgan fingerprint density at radius 1 is 0.346 bits per heavy atom. The fourth-order valence-electron chi connectivity index (χ4n) is 8.03. The largest absolute Gasteiger partial charge is 0.309 e. The Morgan fingerprint density at radius 3 is 1.62 bits per heavy atom. The topological polar surface area (TPSA) is 48.0 Å². The molecule has 11 aromatic rings. The van der Waals surface area contributed by atoms with Crippen LogP contribution in [0.4, 0.5) is 0 Å². The number of benzene rings is 7. The van der Waals surface area contributed by atoms with Crippen molar-refractivity contribution in [1.29, 1.82) is 0 Å². The van der Waals surface area contributed by atoms with E-state index in [-0.39, 0.29) is 0 Å². The second-order valence-corrected chi connectivity index (χ2v) is 13.3. The van der Waals surface area contributed by atoms with Crippen molar-refractivity contribution in [3.05, 3.63) is 176 Å². The predicted octanol–water partition coefficient (Wildman–Crippen LogP) is 11.7. The molecule has 0 aliphatic rings. The first-order valence-corrected chi connectivity index (χ1v) is 17.5. The summed E-state index contributed by atoms with van der Waals surface area (Å²) in [7, 11) is 0. The summed E-state index contributed by atoms with van der Waals surface area (Å²) in [5.41, 5.74) is 9.81. The fraction of sp³-hybridized carbons (Fsp3) is 0. The van der Waals surface area contributed by atoms with Crippen LogP contribution in [0.5, 0.6) is 0 Å². The second kappa shape index (κ2) is 11.2. The summed E-state index contributed by atoms with van der Waals surface area (Å²) in [6.07, 6.45) is 0. The van der Waals surface area contributed by atoms with Crippen LogP contribution in [0.1, 0.15) is 0 Å². The Hall–Kier alpha value is -7.11. The third-order valence-electron chi connectivity index (χ3n) is 10.3. The summed E-state index contributed by atoms with van der Waals surface area (Å²) >= 11 is 0. The highest BCUT2D eigenvalue weighted by Gasteiger charge is 2.21. The molecule has 4 heterocycles. The van der Waals surface area contributed by atoms with Gasteiger partial charge in [0.25, 0.3) is 0 Å². The predicted molar refractivity (Wildman–Crippen MR) is 214 cm³/mol. The number of aromatic nitrogens is 5. The number of hydrogen-bond acceptors (Lipinski definition) is 3. The highest BCUT2D eigenvalue weighted by molar-refractivity contribution is 6.28. The van der Waals surface area contributed by atoms with Crippen LogP contribution in [0.3, 0.4) is 0 Å². The molecular weight excluding hydrogens is 635 g/mol. The van der Waals surface area contributed by atoms with Crippen LogP contribution in [-0.2, 0) is 0 Å². The molecule has 0 saturated carbocycles. The van der Waals surface area contributed by atoms with Gasteiger partial charge in [-0.2, -0.15) is 0 Å². The molecule has 0 radical (unpaired) electrons. The molecule has 0 unspecified atom stereocenters. The third-order valence-corrected chi connectivity index (χ3v) is 10.3. The molecule has 4 aromatic heterocycles. The molecule has 242 valence electrons. The summed E-state index contributed by atoms with van der Waals surface area (Å²) in [4.78, 5) is 15.0. The number of pyridine rings is 1. The average molecular weight is 664 g/mol. The molecule has 0 N–H and O–H groups in total. The summed E-state index contributed by atoms with van der Waals surface area (Å²) < 4.78 is 4.85. The molecule has 0 saturated heterocycles. The standard InChI is InChI=1S/C47H29N5/c1-3-14-30(15-4-1)45-48-46(31-16-5-2-6-17-31)50-47(49-45)33-19-13-20-34(28-33)51-40-24-11-8-21-35(40)36-26-27-38-42-29-32-18-7-10-23-39(32)52(42)41-25-12-9-22-37(41)43(38)44(36)51/h1-29H. The van der Waals surface area contributed by atoms with Gasteiger partial charge in [-0.05, 0) is 36.4 Å². The molecule has 11 rings (SSSR count). The maximum Gasteiger partial charge on any atom is 0.164 e. The minimum Gasteiger partial charge on any atom is -0.309 e. The van der Waals surface area contributed by atoms with Crippen molar-refractivity contribution >= 4 is 59.9 Å². The summed E-state index contributed by atoms with van der Waals surface area (Å²) in [5.74, 6) is 1.92. The Labute approximate surface area is 298 Å². The third kappa shape index (κ3) is 4.26. The summed E-state index contributed by atoms with van der Waals surface area (Å²) in [6, 6.07) is 62.0. The Balaban J connectivity index is 1.22. The molecule has 0 amide bonds. The van der Waals surface area contributed by atoms with Gasteiger partial charge in [-0.3, -0.25) is 0 Å². The normalized spacial score (nSPS) is 11.8. The van der Waals surface area contributed by atoms with Crippen molar-refractivity contribution < 1.29 is 0 Å². The van der Waals surface area contributed by atoms with E-state index in [1.807, 2.05) is 60.7 Å². The van der Waals surface area contributed by atoms with Gasteiger partial charge < -0.3 is 8.97 Å². The molecule has 52 heavy (non-hydrogen) atoms. The minimum absolute atomic E-state index is 0.632. The molecule has 0 aliphatic heterocycles. The quantitative estimate of drug-likeness (QED) is 0.176. The number of para-hydroxylation sites is 3. The van der Waals surface area contributed by atoms with E-state index in [9.17, 15) is 0 Å². The van der Waals surface area contributed by atoms with Crippen LogP contribution >= 0.6 is 0 Å². The number of hydrogen-bond donors (Lipinski definition) is 0. The molecule has 0 bridgehead atoms. The zero-order valence-electron chi connectivity index (χ0n) is 28.0. The lowest BCUT2D eigenvalue weighted by Crippen LogP contribution is -2.01. The lowest BCUT2D eigenvalue weighted by molar-refractivity contribution is 1.07. The van der Waals surface area contributed by atoms with Crippen molar-refractivity contribution in [1.82, 2.24) is 23.9 Å². The number of rotatable bonds is 4. The SMILES string of the molecule is c1ccc(-c2nc(-c3ccccc3)nc(-c3cccc(-n4c5ccccc5c5ccc6c(c7ccccc7n7c8ccccc8cc67)c54)c3)n2)cc1. The van der Waals surface area contributed by atoms with Crippen molar-refractivity contribution in [2.24, 2.45) is 0 Å². The van der Waals surface area contributed by atoms with Crippen LogP contribution in [0.15, 0.2) is 176 Å². The smallest absolute Gasteiger partial charge is 0.164 e. The molecule has 5 heteroatoms. The van der Waals surface area contributed by atoms with Crippen molar-refractivity contribution in [2.75, 3.05) is 0 Å². The first-order valence-electron chi connectivity index (χ1n) is 17.5. The van der Waals surface area contributed by atoms with Crippen LogP contribution in [0.25, 0.3) is 99.8 Å². The molecule has 5 nitrogen and oxygen atoms in total. The van der Waals surface area contributed by atoms with Gasteiger partial charge in [0.05, 0.1) is 27.6 Å². The highest BCUT2D eigenvalue weighted by Crippen LogP contribution is 2.42. The van der Waals surface area contributed by atoms with E-state index in [1.54, 1.807) is 0 Å². The van der Waals surface area contributed by atoms with E-state index in [0.29, 0.717) is 17.5 Å². The van der Waals surface area contributed by atoms with E-state index >= 15 is 0 Å². The van der Waals surface area contributed by atoms with Crippen LogP contribution in [-0.4, -0.2) is 23.9 Å². The first-order chi connectivity index (χ1) is 25.8. The van der Waals surface area contributed by atoms with Gasteiger partial charge >= 0.3 is 0 Å². The highest BCUT2D eigenvalue weighted by atomic mass is 15.0. The molecule has 0 atom stereocenters. The maximum absolute atomic E-state index is 5.06. The van der Waals surface area contributed by atoms with E-state index in [2.05, 4.69) is 124 Å². The zero-order valence-corrected chi connectivity index (χ0v) is 28.0. The lowest BCUT2D eigenvalue weighted by Gasteiger charge is -2.15. The van der Waals surface area contributed by atoms with Gasteiger partial charge in [-0.15, -0.1) is 0 Å². The molecular formula is C47H29N5. The minimum atomic E-state index is 0.632. The van der Waals surface area contributed by atoms with E-state index < -0.39 is 0 Å². The van der Waals surface area contributed by atoms with Crippen molar-refractivity contribution in [2.45, 2.75) is 0 Å². The van der Waals surface area contributed by atoms with Crippen LogP contribution in [0.2, 0.25) is 0 Å². The second-order valence-electron chi connectivity index (χ2n) is 13.3. The van der Waals surface area contributed by atoms with Crippen molar-refractivity contribution in [3.63, 3.8) is 0 Å². The van der Waals surface area contributed by atoms with Crippen LogP contribution < -0.4 is 0 Å². The number of nitrogens with zero attached hydrogens (tertiary/aromatic N) is 5. The molecule has 0 spiro atoms. The fourth-order valence-corrected chi connectivity index (χ4v) is 8.03. The monoisotopic (exact) mass is 663 g/mol. The Kier molecular flexibility index (Phi) is 6.18. The Bertz CT molecular complexity index is 3120. The van der Waals surface area contributed by atoms with Crippen LogP contribution in [0, 0.1) is 0 Å². The molecule has 7 aromatic carbocycles. The van der Waals surface area contributed by atoms with E-state index in [1.165, 1.54) is 54.4 Å². The summed E-state index contributed by atoms with van der Waals surface area (Å²) in [5, 5.41) is 7.34. The van der Waals surface area contributed by atoms with Crippen molar-refractivity contribution in [3.8, 4) is 39.9 Å². The first kappa shape index (κ1) is 28.7. The van der Waals surface area contributed by atoms with E-state index in [4.69, 9.17) is 15.0 Å².